The molecule has 0 aliphatic heterocycles. The molecule has 1 atom stereocenters. The maximum atomic E-state index is 14.1. The fourth-order valence-corrected chi connectivity index (χ4v) is 3.12. The van der Waals surface area contributed by atoms with Crippen LogP contribution in [0.2, 0.25) is 5.02 Å². The molecule has 0 radical (unpaired) electrons. The summed E-state index contributed by atoms with van der Waals surface area (Å²) in [7, 11) is 0. The van der Waals surface area contributed by atoms with Crippen LogP contribution in [-0.2, 0) is 13.1 Å². The molecule has 0 heterocycles. The Balaban J connectivity index is 1.67. The van der Waals surface area contributed by atoms with E-state index in [0.717, 1.165) is 11.6 Å². The Kier molecular flexibility index (Phi) is 7.74. The first-order chi connectivity index (χ1) is 14.4. The van der Waals surface area contributed by atoms with Gasteiger partial charge in [-0.3, -0.25) is 4.90 Å². The van der Waals surface area contributed by atoms with Gasteiger partial charge >= 0.3 is 0 Å². The zero-order chi connectivity index (χ0) is 21.5. The molecular weight excluding hydrogens is 415 g/mol. The second-order valence-electron chi connectivity index (χ2n) is 6.95. The Labute approximate surface area is 178 Å². The first kappa shape index (κ1) is 22.2. The zero-order valence-corrected chi connectivity index (χ0v) is 16.8. The molecule has 0 saturated heterocycles. The second-order valence-corrected chi connectivity index (χ2v) is 7.39. The summed E-state index contributed by atoms with van der Waals surface area (Å²) in [6.07, 6.45) is -0.871. The predicted octanol–water partition coefficient (Wildman–Crippen LogP) is 5.20. The Hall–Kier alpha value is -2.54. The first-order valence-corrected chi connectivity index (χ1v) is 9.74. The predicted molar refractivity (Wildman–Crippen MR) is 110 cm³/mol. The van der Waals surface area contributed by atoms with Crippen LogP contribution in [0.3, 0.4) is 0 Å². The smallest absolute Gasteiger partial charge is 0.130 e. The third-order valence-corrected chi connectivity index (χ3v) is 4.71. The lowest BCUT2D eigenvalue weighted by Crippen LogP contribution is -2.35. The molecule has 3 nitrogen and oxygen atoms in total. The molecule has 0 fully saturated rings. The summed E-state index contributed by atoms with van der Waals surface area (Å²) >= 11 is 5.84. The summed E-state index contributed by atoms with van der Waals surface area (Å²) in [5.74, 6) is -1.11. The van der Waals surface area contributed by atoms with Crippen LogP contribution < -0.4 is 4.74 Å². The van der Waals surface area contributed by atoms with E-state index in [4.69, 9.17) is 16.3 Å². The van der Waals surface area contributed by atoms with Gasteiger partial charge in [-0.15, -0.1) is 0 Å². The van der Waals surface area contributed by atoms with Crippen molar-refractivity contribution >= 4 is 11.6 Å². The molecule has 0 bridgehead atoms. The van der Waals surface area contributed by atoms with E-state index in [-0.39, 0.29) is 25.5 Å². The Bertz CT molecular complexity index is 952. The van der Waals surface area contributed by atoms with Crippen LogP contribution in [-0.4, -0.2) is 29.3 Å². The van der Waals surface area contributed by atoms with Crippen molar-refractivity contribution < 1.29 is 23.0 Å². The van der Waals surface area contributed by atoms with Gasteiger partial charge in [-0.2, -0.15) is 0 Å². The first-order valence-electron chi connectivity index (χ1n) is 9.36. The fraction of sp³-hybridized carbons (Fsp3) is 0.217. The van der Waals surface area contributed by atoms with Crippen LogP contribution in [0.15, 0.2) is 66.7 Å². The number of hydrogen-bond acceptors (Lipinski definition) is 3. The van der Waals surface area contributed by atoms with Crippen molar-refractivity contribution in [3.8, 4) is 5.75 Å². The van der Waals surface area contributed by atoms with Crippen molar-refractivity contribution in [1.82, 2.24) is 4.90 Å². The highest BCUT2D eigenvalue weighted by Crippen LogP contribution is 2.17. The van der Waals surface area contributed by atoms with Crippen molar-refractivity contribution in [2.24, 2.45) is 0 Å². The maximum absolute atomic E-state index is 14.1. The summed E-state index contributed by atoms with van der Waals surface area (Å²) in [6.45, 7) is 0.672. The van der Waals surface area contributed by atoms with Crippen LogP contribution in [0.4, 0.5) is 13.2 Å². The van der Waals surface area contributed by atoms with Gasteiger partial charge in [0.15, 0.2) is 0 Å². The molecule has 3 aromatic rings. The van der Waals surface area contributed by atoms with E-state index < -0.39 is 17.7 Å². The lowest BCUT2D eigenvalue weighted by atomic mass is 10.1. The highest BCUT2D eigenvalue weighted by molar-refractivity contribution is 6.30. The Morgan fingerprint density at radius 3 is 2.20 bits per heavy atom. The molecular formula is C23H21ClF3NO2. The zero-order valence-electron chi connectivity index (χ0n) is 16.1. The van der Waals surface area contributed by atoms with E-state index in [0.29, 0.717) is 22.9 Å². The number of aliphatic hydroxyl groups excluding tert-OH is 1. The molecule has 0 aliphatic rings. The van der Waals surface area contributed by atoms with Crippen molar-refractivity contribution in [3.63, 3.8) is 0 Å². The molecule has 1 N–H and O–H groups in total. The number of hydrogen-bond donors (Lipinski definition) is 1. The molecule has 0 unspecified atom stereocenters. The fourth-order valence-electron chi connectivity index (χ4n) is 3.00. The molecule has 3 aromatic carbocycles. The van der Waals surface area contributed by atoms with Crippen molar-refractivity contribution in [2.75, 3.05) is 13.2 Å². The SMILES string of the molecule is O[C@H](COc1ccc(Cl)cc1)CN(Cc1ccc(F)cc1)Cc1ccc(F)cc1F. The minimum atomic E-state index is -0.871. The van der Waals surface area contributed by atoms with Gasteiger partial charge in [0, 0.05) is 36.3 Å². The highest BCUT2D eigenvalue weighted by Gasteiger charge is 2.16. The molecule has 158 valence electrons. The second kappa shape index (κ2) is 10.5. The Morgan fingerprint density at radius 1 is 0.867 bits per heavy atom. The molecule has 0 amide bonds. The van der Waals surface area contributed by atoms with E-state index in [9.17, 15) is 18.3 Å². The van der Waals surface area contributed by atoms with Crippen molar-refractivity contribution in [2.45, 2.75) is 19.2 Å². The Morgan fingerprint density at radius 2 is 1.53 bits per heavy atom. The average molecular weight is 436 g/mol. The van der Waals surface area contributed by atoms with Crippen LogP contribution >= 0.6 is 11.6 Å². The molecule has 30 heavy (non-hydrogen) atoms. The van der Waals surface area contributed by atoms with Crippen LogP contribution in [0.25, 0.3) is 0 Å². The van der Waals surface area contributed by atoms with Gasteiger partial charge in [0.05, 0.1) is 0 Å². The highest BCUT2D eigenvalue weighted by atomic mass is 35.5. The van der Waals surface area contributed by atoms with Gasteiger partial charge in [-0.05, 0) is 48.0 Å². The molecule has 3 rings (SSSR count). The van der Waals surface area contributed by atoms with E-state index in [1.807, 2.05) is 0 Å². The minimum absolute atomic E-state index is 0.0213. The summed E-state index contributed by atoms with van der Waals surface area (Å²) in [5.41, 5.74) is 1.09. The van der Waals surface area contributed by atoms with Crippen LogP contribution in [0.5, 0.6) is 5.75 Å². The number of halogens is 4. The van der Waals surface area contributed by atoms with E-state index in [2.05, 4.69) is 0 Å². The molecule has 0 aliphatic carbocycles. The summed E-state index contributed by atoms with van der Waals surface area (Å²) in [4.78, 5) is 1.79. The van der Waals surface area contributed by atoms with Gasteiger partial charge in [0.25, 0.3) is 0 Å². The van der Waals surface area contributed by atoms with E-state index in [1.54, 1.807) is 41.3 Å². The van der Waals surface area contributed by atoms with Crippen LogP contribution in [0.1, 0.15) is 11.1 Å². The lowest BCUT2D eigenvalue weighted by Gasteiger charge is -2.25. The lowest BCUT2D eigenvalue weighted by molar-refractivity contribution is 0.0624. The van der Waals surface area contributed by atoms with Gasteiger partial charge < -0.3 is 9.84 Å². The standard InChI is InChI=1S/C23H21ClF3NO2/c24-18-4-9-22(10-5-18)30-15-21(29)14-28(12-16-1-6-19(25)7-2-16)13-17-3-8-20(26)11-23(17)27/h1-11,21,29H,12-15H2/t21-/m0/s1. The monoisotopic (exact) mass is 435 g/mol. The van der Waals surface area contributed by atoms with Gasteiger partial charge in [-0.1, -0.05) is 29.8 Å². The van der Waals surface area contributed by atoms with E-state index in [1.165, 1.54) is 24.3 Å². The summed E-state index contributed by atoms with van der Waals surface area (Å²) < 4.78 is 46.1. The van der Waals surface area contributed by atoms with Gasteiger partial charge in [-0.25, -0.2) is 13.2 Å². The maximum Gasteiger partial charge on any atom is 0.130 e. The van der Waals surface area contributed by atoms with E-state index >= 15 is 0 Å². The third-order valence-electron chi connectivity index (χ3n) is 4.45. The summed E-state index contributed by atoms with van der Waals surface area (Å²) in [6, 6.07) is 16.1. The molecule has 0 spiro atoms. The quantitative estimate of drug-likeness (QED) is 0.501. The number of aliphatic hydroxyl groups is 1. The topological polar surface area (TPSA) is 32.7 Å². The normalized spacial score (nSPS) is 12.2. The number of rotatable bonds is 9. The average Bonchev–Trinajstić information content (AvgIpc) is 2.71. The van der Waals surface area contributed by atoms with Gasteiger partial charge in [0.2, 0.25) is 0 Å². The molecule has 0 aromatic heterocycles. The number of ether oxygens (including phenoxy) is 1. The third kappa shape index (κ3) is 6.76. The minimum Gasteiger partial charge on any atom is -0.491 e. The molecule has 7 heteroatoms. The van der Waals surface area contributed by atoms with Crippen molar-refractivity contribution in [1.29, 1.82) is 0 Å². The largest absolute Gasteiger partial charge is 0.491 e. The van der Waals surface area contributed by atoms with Crippen LogP contribution in [0, 0.1) is 17.5 Å². The van der Waals surface area contributed by atoms with Crippen molar-refractivity contribution in [3.05, 3.63) is 100 Å². The number of benzene rings is 3. The van der Waals surface area contributed by atoms with Gasteiger partial charge in [0.1, 0.15) is 35.9 Å². The number of nitrogens with zero attached hydrogens (tertiary/aromatic N) is 1. The molecule has 0 saturated carbocycles. The summed E-state index contributed by atoms with van der Waals surface area (Å²) in [5, 5.41) is 11.0.